The SMILES string of the molecule is CC(C1CC1)N(C)C(=O)Cc1c[nH]c2ccccc12. The van der Waals surface area contributed by atoms with Crippen molar-refractivity contribution in [1.29, 1.82) is 0 Å². The molecule has 1 aromatic carbocycles. The van der Waals surface area contributed by atoms with E-state index in [2.05, 4.69) is 18.0 Å². The molecule has 3 nitrogen and oxygen atoms in total. The van der Waals surface area contributed by atoms with Crippen LogP contribution < -0.4 is 0 Å². The summed E-state index contributed by atoms with van der Waals surface area (Å²) in [6.45, 7) is 2.16. The maximum Gasteiger partial charge on any atom is 0.227 e. The van der Waals surface area contributed by atoms with E-state index in [1.165, 1.54) is 12.8 Å². The number of rotatable bonds is 4. The highest BCUT2D eigenvalue weighted by molar-refractivity contribution is 5.88. The first kappa shape index (κ1) is 12.3. The summed E-state index contributed by atoms with van der Waals surface area (Å²) in [6, 6.07) is 8.50. The third-order valence-corrected chi connectivity index (χ3v) is 4.33. The van der Waals surface area contributed by atoms with Crippen molar-refractivity contribution in [2.24, 2.45) is 5.92 Å². The van der Waals surface area contributed by atoms with Crippen molar-refractivity contribution < 1.29 is 4.79 Å². The standard InChI is InChI=1S/C16H20N2O/c1-11(12-7-8-12)18(2)16(19)9-13-10-17-15-6-4-3-5-14(13)15/h3-6,10-12,17H,7-9H2,1-2H3. The number of carbonyl (C=O) groups excluding carboxylic acids is 1. The predicted molar refractivity (Wildman–Crippen MR) is 77.0 cm³/mol. The van der Waals surface area contributed by atoms with Crippen molar-refractivity contribution in [3.8, 4) is 0 Å². The molecule has 1 aliphatic rings. The highest BCUT2D eigenvalue weighted by atomic mass is 16.2. The first-order chi connectivity index (χ1) is 9.16. The molecule has 3 rings (SSSR count). The zero-order valence-corrected chi connectivity index (χ0v) is 11.5. The van der Waals surface area contributed by atoms with Crippen LogP contribution >= 0.6 is 0 Å². The minimum atomic E-state index is 0.212. The number of aromatic amines is 1. The maximum absolute atomic E-state index is 12.3. The van der Waals surface area contributed by atoms with Gasteiger partial charge in [-0.25, -0.2) is 0 Å². The average Bonchev–Trinajstić information content (AvgIpc) is 3.20. The number of H-pyrrole nitrogens is 1. The summed E-state index contributed by atoms with van der Waals surface area (Å²) in [5.41, 5.74) is 2.19. The van der Waals surface area contributed by atoms with Crippen molar-refractivity contribution >= 4 is 16.8 Å². The summed E-state index contributed by atoms with van der Waals surface area (Å²) in [6.07, 6.45) is 4.98. The Labute approximate surface area is 113 Å². The number of benzene rings is 1. The summed E-state index contributed by atoms with van der Waals surface area (Å²) in [7, 11) is 1.93. The molecule has 1 N–H and O–H groups in total. The Bertz CT molecular complexity index is 598. The molecule has 0 bridgehead atoms. The smallest absolute Gasteiger partial charge is 0.227 e. The van der Waals surface area contributed by atoms with Crippen LogP contribution in [-0.4, -0.2) is 28.9 Å². The second-order valence-electron chi connectivity index (χ2n) is 5.62. The largest absolute Gasteiger partial charge is 0.361 e. The number of nitrogens with zero attached hydrogens (tertiary/aromatic N) is 1. The summed E-state index contributed by atoms with van der Waals surface area (Å²) in [5, 5.41) is 1.16. The number of carbonyl (C=O) groups is 1. The van der Waals surface area contributed by atoms with Gasteiger partial charge in [-0.2, -0.15) is 0 Å². The van der Waals surface area contributed by atoms with Gasteiger partial charge in [-0.15, -0.1) is 0 Å². The maximum atomic E-state index is 12.3. The van der Waals surface area contributed by atoms with Crippen molar-refractivity contribution in [1.82, 2.24) is 9.88 Å². The van der Waals surface area contributed by atoms with E-state index in [1.807, 2.05) is 36.3 Å². The predicted octanol–water partition coefficient (Wildman–Crippen LogP) is 2.97. The Morgan fingerprint density at radius 3 is 2.89 bits per heavy atom. The summed E-state index contributed by atoms with van der Waals surface area (Å²) in [4.78, 5) is 17.5. The molecular weight excluding hydrogens is 236 g/mol. The molecule has 1 fully saturated rings. The van der Waals surface area contributed by atoms with Gasteiger partial charge in [0.1, 0.15) is 0 Å². The Kier molecular flexibility index (Phi) is 3.05. The van der Waals surface area contributed by atoms with Gasteiger partial charge in [0.2, 0.25) is 5.91 Å². The Morgan fingerprint density at radius 1 is 1.42 bits per heavy atom. The van der Waals surface area contributed by atoms with Gasteiger partial charge in [0.05, 0.1) is 6.42 Å². The highest BCUT2D eigenvalue weighted by Crippen LogP contribution is 2.34. The highest BCUT2D eigenvalue weighted by Gasteiger charge is 2.32. The van der Waals surface area contributed by atoms with Crippen molar-refractivity contribution in [3.05, 3.63) is 36.0 Å². The average molecular weight is 256 g/mol. The number of likely N-dealkylation sites (N-methyl/N-ethyl adjacent to an activating group) is 1. The molecular formula is C16H20N2O. The molecule has 100 valence electrons. The Balaban J connectivity index is 1.75. The number of aromatic nitrogens is 1. The van der Waals surface area contributed by atoms with E-state index in [1.54, 1.807) is 0 Å². The number of para-hydroxylation sites is 1. The summed E-state index contributed by atoms with van der Waals surface area (Å²) in [5.74, 6) is 0.932. The molecule has 1 heterocycles. The normalized spacial score (nSPS) is 16.5. The number of amides is 1. The second-order valence-corrected chi connectivity index (χ2v) is 5.62. The number of nitrogens with one attached hydrogen (secondary N) is 1. The summed E-state index contributed by atoms with van der Waals surface area (Å²) >= 11 is 0. The minimum Gasteiger partial charge on any atom is -0.361 e. The van der Waals surface area contributed by atoms with Gasteiger partial charge in [-0.05, 0) is 37.3 Å². The van der Waals surface area contributed by atoms with Crippen LogP contribution in [0, 0.1) is 5.92 Å². The molecule has 1 saturated carbocycles. The van der Waals surface area contributed by atoms with E-state index >= 15 is 0 Å². The van der Waals surface area contributed by atoms with Crippen LogP contribution in [0.1, 0.15) is 25.3 Å². The lowest BCUT2D eigenvalue weighted by Gasteiger charge is -2.24. The van der Waals surface area contributed by atoms with Crippen LogP contribution in [-0.2, 0) is 11.2 Å². The first-order valence-electron chi connectivity index (χ1n) is 6.97. The topological polar surface area (TPSA) is 36.1 Å². The molecule has 19 heavy (non-hydrogen) atoms. The summed E-state index contributed by atoms with van der Waals surface area (Å²) < 4.78 is 0. The van der Waals surface area contributed by atoms with E-state index in [0.717, 1.165) is 22.4 Å². The lowest BCUT2D eigenvalue weighted by molar-refractivity contribution is -0.131. The zero-order chi connectivity index (χ0) is 13.4. The zero-order valence-electron chi connectivity index (χ0n) is 11.5. The van der Waals surface area contributed by atoms with Crippen LogP contribution in [0.4, 0.5) is 0 Å². The third-order valence-electron chi connectivity index (χ3n) is 4.33. The fraction of sp³-hybridized carbons (Fsp3) is 0.438. The van der Waals surface area contributed by atoms with Gasteiger partial charge in [-0.1, -0.05) is 18.2 Å². The van der Waals surface area contributed by atoms with E-state index in [9.17, 15) is 4.79 Å². The molecule has 0 radical (unpaired) electrons. The van der Waals surface area contributed by atoms with Gasteiger partial charge >= 0.3 is 0 Å². The lowest BCUT2D eigenvalue weighted by Crippen LogP contribution is -2.37. The van der Waals surface area contributed by atoms with Gasteiger partial charge in [0.25, 0.3) is 0 Å². The molecule has 1 amide bonds. The molecule has 0 saturated heterocycles. The number of fused-ring (bicyclic) bond motifs is 1. The van der Waals surface area contributed by atoms with Crippen LogP contribution in [0.25, 0.3) is 10.9 Å². The molecule has 1 unspecified atom stereocenters. The molecule has 2 aromatic rings. The van der Waals surface area contributed by atoms with E-state index < -0.39 is 0 Å². The van der Waals surface area contributed by atoms with Crippen LogP contribution in [0.3, 0.4) is 0 Å². The Hall–Kier alpha value is -1.77. The second kappa shape index (κ2) is 4.72. The van der Waals surface area contributed by atoms with Crippen LogP contribution in [0.5, 0.6) is 0 Å². The molecule has 1 aromatic heterocycles. The molecule has 0 aliphatic heterocycles. The van der Waals surface area contributed by atoms with Gasteiger partial charge < -0.3 is 9.88 Å². The molecule has 1 aliphatic carbocycles. The fourth-order valence-corrected chi connectivity index (χ4v) is 2.69. The van der Waals surface area contributed by atoms with E-state index in [4.69, 9.17) is 0 Å². The van der Waals surface area contributed by atoms with Crippen molar-refractivity contribution in [3.63, 3.8) is 0 Å². The number of hydrogen-bond acceptors (Lipinski definition) is 1. The van der Waals surface area contributed by atoms with Crippen LogP contribution in [0.15, 0.2) is 30.5 Å². The van der Waals surface area contributed by atoms with Crippen molar-refractivity contribution in [2.45, 2.75) is 32.2 Å². The molecule has 3 heteroatoms. The monoisotopic (exact) mass is 256 g/mol. The first-order valence-corrected chi connectivity index (χ1v) is 6.97. The lowest BCUT2D eigenvalue weighted by atomic mass is 10.1. The van der Waals surface area contributed by atoms with Gasteiger partial charge in [0, 0.05) is 30.2 Å². The Morgan fingerprint density at radius 2 is 2.16 bits per heavy atom. The quantitative estimate of drug-likeness (QED) is 0.897. The van der Waals surface area contributed by atoms with Gasteiger partial charge in [-0.3, -0.25) is 4.79 Å². The molecule has 0 spiro atoms. The molecule has 1 atom stereocenters. The fourth-order valence-electron chi connectivity index (χ4n) is 2.69. The van der Waals surface area contributed by atoms with Crippen molar-refractivity contribution in [2.75, 3.05) is 7.05 Å². The third kappa shape index (κ3) is 2.37. The van der Waals surface area contributed by atoms with E-state index in [-0.39, 0.29) is 5.91 Å². The van der Waals surface area contributed by atoms with Gasteiger partial charge in [0.15, 0.2) is 0 Å². The minimum absolute atomic E-state index is 0.212. The van der Waals surface area contributed by atoms with Crippen LogP contribution in [0.2, 0.25) is 0 Å². The van der Waals surface area contributed by atoms with E-state index in [0.29, 0.717) is 12.5 Å². The number of hydrogen-bond donors (Lipinski definition) is 1.